The van der Waals surface area contributed by atoms with Crippen molar-refractivity contribution in [2.24, 2.45) is 11.8 Å². The molecular weight excluding hydrogens is 170 g/mol. The van der Waals surface area contributed by atoms with Crippen LogP contribution in [-0.4, -0.2) is 16.2 Å². The lowest BCUT2D eigenvalue weighted by Crippen LogP contribution is -2.56. The van der Waals surface area contributed by atoms with Crippen molar-refractivity contribution in [3.8, 4) is 0 Å². The van der Waals surface area contributed by atoms with E-state index in [0.29, 0.717) is 11.8 Å². The minimum atomic E-state index is -0.737. The third-order valence-electron chi connectivity index (χ3n) is 2.74. The minimum absolute atomic E-state index is 0.148. The molecule has 3 heteroatoms. The summed E-state index contributed by atoms with van der Waals surface area (Å²) in [6, 6.07) is 0. The van der Waals surface area contributed by atoms with Gasteiger partial charge >= 0.3 is 0 Å². The van der Waals surface area contributed by atoms with Crippen LogP contribution in [0.2, 0.25) is 0 Å². The molecule has 0 amide bonds. The second-order valence-electron chi connectivity index (χ2n) is 4.24. The van der Waals surface area contributed by atoms with E-state index in [9.17, 15) is 5.11 Å². The van der Waals surface area contributed by atoms with Gasteiger partial charge in [0.25, 0.3) is 0 Å². The summed E-state index contributed by atoms with van der Waals surface area (Å²) in [5.41, 5.74) is -0.737. The Hall–Kier alpha value is 0.270. The number of aliphatic hydroxyl groups is 1. The van der Waals surface area contributed by atoms with E-state index in [1.165, 1.54) is 0 Å². The summed E-state index contributed by atoms with van der Waals surface area (Å²) in [6.07, 6.45) is 2.11. The van der Waals surface area contributed by atoms with Gasteiger partial charge in [-0.1, -0.05) is 13.8 Å². The van der Waals surface area contributed by atoms with Gasteiger partial charge in [0, 0.05) is 5.92 Å². The van der Waals surface area contributed by atoms with Crippen LogP contribution in [0.25, 0.3) is 0 Å². The summed E-state index contributed by atoms with van der Waals surface area (Å²) in [6.45, 7) is 6.15. The standard InChI is InChI=1S/C9H19NOS/c1-6(2)7-4-5-8(12)10-9(7,3)11/h6-8,10-12H,4-5H2,1-3H3. The molecule has 72 valence electrons. The highest BCUT2D eigenvalue weighted by molar-refractivity contribution is 7.80. The molecule has 3 unspecified atom stereocenters. The number of thiol groups is 1. The van der Waals surface area contributed by atoms with Crippen LogP contribution in [0, 0.1) is 11.8 Å². The predicted molar refractivity (Wildman–Crippen MR) is 54.1 cm³/mol. The number of hydrogen-bond donors (Lipinski definition) is 3. The monoisotopic (exact) mass is 189 g/mol. The van der Waals surface area contributed by atoms with E-state index < -0.39 is 5.72 Å². The fourth-order valence-corrected chi connectivity index (χ4v) is 2.53. The summed E-state index contributed by atoms with van der Waals surface area (Å²) in [7, 11) is 0. The van der Waals surface area contributed by atoms with Crippen molar-refractivity contribution >= 4 is 12.6 Å². The average Bonchev–Trinajstić information content (AvgIpc) is 1.82. The maximum Gasteiger partial charge on any atom is 0.117 e. The topological polar surface area (TPSA) is 32.3 Å². The third kappa shape index (κ3) is 2.15. The summed E-state index contributed by atoms with van der Waals surface area (Å²) in [5.74, 6) is 0.870. The first-order chi connectivity index (χ1) is 5.43. The molecule has 2 N–H and O–H groups in total. The fourth-order valence-electron chi connectivity index (χ4n) is 2.12. The molecule has 0 radical (unpaired) electrons. The Morgan fingerprint density at radius 2 is 2.08 bits per heavy atom. The number of piperidine rings is 1. The van der Waals surface area contributed by atoms with E-state index in [1.54, 1.807) is 0 Å². The van der Waals surface area contributed by atoms with Crippen LogP contribution in [0.4, 0.5) is 0 Å². The van der Waals surface area contributed by atoms with Gasteiger partial charge in [-0.3, -0.25) is 5.32 Å². The van der Waals surface area contributed by atoms with Crippen LogP contribution in [-0.2, 0) is 0 Å². The van der Waals surface area contributed by atoms with Gasteiger partial charge in [-0.05, 0) is 25.7 Å². The second kappa shape index (κ2) is 3.56. The normalized spacial score (nSPS) is 43.5. The molecule has 1 saturated heterocycles. The quantitative estimate of drug-likeness (QED) is 0.548. The maximum absolute atomic E-state index is 10.0. The number of hydrogen-bond acceptors (Lipinski definition) is 3. The first-order valence-electron chi connectivity index (χ1n) is 4.61. The zero-order valence-corrected chi connectivity index (χ0v) is 8.94. The summed E-state index contributed by atoms with van der Waals surface area (Å²) >= 11 is 4.31. The fraction of sp³-hybridized carbons (Fsp3) is 1.00. The summed E-state index contributed by atoms with van der Waals surface area (Å²) in [5, 5.41) is 13.3. The van der Waals surface area contributed by atoms with E-state index in [0.717, 1.165) is 12.8 Å². The summed E-state index contributed by atoms with van der Waals surface area (Å²) in [4.78, 5) is 0. The van der Waals surface area contributed by atoms with Gasteiger partial charge in [0.1, 0.15) is 5.72 Å². The Morgan fingerprint density at radius 3 is 2.50 bits per heavy atom. The van der Waals surface area contributed by atoms with Gasteiger partial charge in [-0.2, -0.15) is 12.6 Å². The molecule has 0 aromatic heterocycles. The molecule has 12 heavy (non-hydrogen) atoms. The Bertz CT molecular complexity index is 159. The molecule has 0 aromatic rings. The molecule has 2 nitrogen and oxygen atoms in total. The van der Waals surface area contributed by atoms with E-state index >= 15 is 0 Å². The molecular formula is C9H19NOS. The van der Waals surface area contributed by atoms with Crippen LogP contribution < -0.4 is 5.32 Å². The molecule has 0 bridgehead atoms. The van der Waals surface area contributed by atoms with Gasteiger partial charge in [-0.15, -0.1) is 0 Å². The van der Waals surface area contributed by atoms with Crippen molar-refractivity contribution in [3.05, 3.63) is 0 Å². The molecule has 0 spiro atoms. The van der Waals surface area contributed by atoms with Crippen molar-refractivity contribution in [1.82, 2.24) is 5.32 Å². The highest BCUT2D eigenvalue weighted by Crippen LogP contribution is 2.33. The van der Waals surface area contributed by atoms with E-state index in [4.69, 9.17) is 0 Å². The van der Waals surface area contributed by atoms with Crippen molar-refractivity contribution in [2.75, 3.05) is 0 Å². The Balaban J connectivity index is 2.64. The van der Waals surface area contributed by atoms with Gasteiger partial charge in [0.2, 0.25) is 0 Å². The first-order valence-corrected chi connectivity index (χ1v) is 5.13. The van der Waals surface area contributed by atoms with Crippen molar-refractivity contribution in [3.63, 3.8) is 0 Å². The van der Waals surface area contributed by atoms with Gasteiger partial charge in [-0.25, -0.2) is 0 Å². The molecule has 0 aliphatic carbocycles. The van der Waals surface area contributed by atoms with Crippen LogP contribution in [0.15, 0.2) is 0 Å². The Morgan fingerprint density at radius 1 is 1.50 bits per heavy atom. The van der Waals surface area contributed by atoms with E-state index in [1.807, 2.05) is 6.92 Å². The SMILES string of the molecule is CC(C)C1CCC(S)NC1(C)O. The molecule has 1 rings (SSSR count). The lowest BCUT2D eigenvalue weighted by Gasteiger charge is -2.42. The van der Waals surface area contributed by atoms with Crippen LogP contribution in [0.5, 0.6) is 0 Å². The Labute approximate surface area is 80.2 Å². The average molecular weight is 189 g/mol. The second-order valence-corrected chi connectivity index (χ2v) is 4.86. The molecule has 3 atom stereocenters. The molecule has 0 saturated carbocycles. The number of rotatable bonds is 1. The van der Waals surface area contributed by atoms with Gasteiger partial charge < -0.3 is 5.11 Å². The smallest absolute Gasteiger partial charge is 0.117 e. The largest absolute Gasteiger partial charge is 0.376 e. The van der Waals surface area contributed by atoms with Crippen molar-refractivity contribution < 1.29 is 5.11 Å². The lowest BCUT2D eigenvalue weighted by molar-refractivity contribution is -0.0734. The zero-order chi connectivity index (χ0) is 9.35. The number of nitrogens with one attached hydrogen (secondary N) is 1. The molecule has 1 aliphatic heterocycles. The zero-order valence-electron chi connectivity index (χ0n) is 8.04. The minimum Gasteiger partial charge on any atom is -0.376 e. The van der Waals surface area contributed by atoms with Crippen molar-refractivity contribution in [1.29, 1.82) is 0 Å². The van der Waals surface area contributed by atoms with Crippen LogP contribution in [0.3, 0.4) is 0 Å². The van der Waals surface area contributed by atoms with E-state index in [-0.39, 0.29) is 5.37 Å². The first kappa shape index (κ1) is 10.4. The third-order valence-corrected chi connectivity index (χ3v) is 3.12. The molecule has 1 heterocycles. The lowest BCUT2D eigenvalue weighted by atomic mass is 9.80. The molecule has 0 aromatic carbocycles. The molecule has 1 fully saturated rings. The summed E-state index contributed by atoms with van der Waals surface area (Å²) < 4.78 is 0. The van der Waals surface area contributed by atoms with E-state index in [2.05, 4.69) is 31.8 Å². The maximum atomic E-state index is 10.0. The molecule has 1 aliphatic rings. The van der Waals surface area contributed by atoms with Crippen LogP contribution >= 0.6 is 12.6 Å². The predicted octanol–water partition coefficient (Wildman–Crippen LogP) is 1.61. The van der Waals surface area contributed by atoms with Crippen LogP contribution in [0.1, 0.15) is 33.6 Å². The van der Waals surface area contributed by atoms with Gasteiger partial charge in [0.05, 0.1) is 5.37 Å². The highest BCUT2D eigenvalue weighted by Gasteiger charge is 2.38. The Kier molecular flexibility index (Phi) is 3.07. The van der Waals surface area contributed by atoms with Crippen molar-refractivity contribution in [2.45, 2.75) is 44.7 Å². The van der Waals surface area contributed by atoms with Gasteiger partial charge in [0.15, 0.2) is 0 Å². The highest BCUT2D eigenvalue weighted by atomic mass is 32.1.